The van der Waals surface area contributed by atoms with Crippen molar-refractivity contribution in [2.45, 2.75) is 12.5 Å². The zero-order valence-corrected chi connectivity index (χ0v) is 9.77. The maximum atomic E-state index is 5.80. The van der Waals surface area contributed by atoms with Crippen LogP contribution in [0.1, 0.15) is 18.0 Å². The number of hydrogen-bond acceptors (Lipinski definition) is 3. The van der Waals surface area contributed by atoms with Crippen LogP contribution in [-0.4, -0.2) is 32.2 Å². The Labute approximate surface area is 96.0 Å². The summed E-state index contributed by atoms with van der Waals surface area (Å²) in [7, 11) is 3.90. The van der Waals surface area contributed by atoms with Crippen molar-refractivity contribution in [3.63, 3.8) is 0 Å². The monoisotopic (exact) mass is 219 g/mol. The van der Waals surface area contributed by atoms with E-state index in [1.807, 2.05) is 12.1 Å². The number of benzene rings is 1. The van der Waals surface area contributed by atoms with E-state index in [0.717, 1.165) is 24.7 Å². The van der Waals surface area contributed by atoms with Crippen LogP contribution < -0.4 is 9.47 Å². The van der Waals surface area contributed by atoms with Crippen molar-refractivity contribution < 1.29 is 9.47 Å². The van der Waals surface area contributed by atoms with Gasteiger partial charge >= 0.3 is 0 Å². The van der Waals surface area contributed by atoms with Gasteiger partial charge in [-0.2, -0.15) is 0 Å². The van der Waals surface area contributed by atoms with E-state index in [1.165, 1.54) is 12.0 Å². The maximum absolute atomic E-state index is 5.80. The average molecular weight is 219 g/mol. The highest BCUT2D eigenvalue weighted by atomic mass is 16.5. The summed E-state index contributed by atoms with van der Waals surface area (Å²) in [6, 6.07) is 6.62. The summed E-state index contributed by atoms with van der Waals surface area (Å²) >= 11 is 0. The van der Waals surface area contributed by atoms with Gasteiger partial charge in [0.2, 0.25) is 0 Å². The van der Waals surface area contributed by atoms with Crippen molar-refractivity contribution in [3.05, 3.63) is 23.8 Å². The van der Waals surface area contributed by atoms with Crippen LogP contribution in [0.5, 0.6) is 11.5 Å². The fourth-order valence-electron chi connectivity index (χ4n) is 2.91. The fourth-order valence-corrected chi connectivity index (χ4v) is 2.91. The van der Waals surface area contributed by atoms with Crippen LogP contribution in [0.25, 0.3) is 0 Å². The lowest BCUT2D eigenvalue weighted by Crippen LogP contribution is -2.28. The molecular formula is C13H17NO2. The predicted octanol–water partition coefficient (Wildman–Crippen LogP) is 2.08. The number of rotatable bonds is 1. The number of hydrogen-bond donors (Lipinski definition) is 0. The van der Waals surface area contributed by atoms with Gasteiger partial charge in [0, 0.05) is 17.5 Å². The molecule has 0 N–H and O–H groups in total. The number of fused-ring (bicyclic) bond motifs is 3. The first-order valence-corrected chi connectivity index (χ1v) is 5.80. The minimum absolute atomic E-state index is 0.513. The van der Waals surface area contributed by atoms with E-state index in [4.69, 9.17) is 9.47 Å². The third-order valence-electron chi connectivity index (χ3n) is 3.76. The molecule has 0 bridgehead atoms. The van der Waals surface area contributed by atoms with Gasteiger partial charge in [-0.05, 0) is 38.2 Å². The van der Waals surface area contributed by atoms with Crippen molar-refractivity contribution in [3.8, 4) is 11.5 Å². The highest BCUT2D eigenvalue weighted by molar-refractivity contribution is 5.44. The van der Waals surface area contributed by atoms with E-state index in [2.05, 4.69) is 18.0 Å². The molecule has 1 aromatic rings. The normalized spacial score (nSPS) is 28.1. The Morgan fingerprint density at radius 2 is 2.31 bits per heavy atom. The van der Waals surface area contributed by atoms with E-state index >= 15 is 0 Å². The maximum Gasteiger partial charge on any atom is 0.124 e. The molecule has 3 rings (SSSR count). The van der Waals surface area contributed by atoms with Crippen LogP contribution >= 0.6 is 0 Å². The molecule has 0 radical (unpaired) electrons. The highest BCUT2D eigenvalue weighted by Gasteiger charge is 2.38. The molecule has 0 aromatic heterocycles. The molecule has 1 saturated heterocycles. The summed E-state index contributed by atoms with van der Waals surface area (Å²) < 4.78 is 11.1. The molecule has 3 nitrogen and oxygen atoms in total. The molecule has 16 heavy (non-hydrogen) atoms. The molecule has 1 aromatic carbocycles. The fraction of sp³-hybridized carbons (Fsp3) is 0.538. The molecule has 2 aliphatic heterocycles. The summed E-state index contributed by atoms with van der Waals surface area (Å²) in [4.78, 5) is 2.42. The number of methoxy groups -OCH3 is 1. The summed E-state index contributed by atoms with van der Waals surface area (Å²) in [5, 5.41) is 0. The lowest BCUT2D eigenvalue weighted by Gasteiger charge is -2.32. The highest BCUT2D eigenvalue weighted by Crippen LogP contribution is 2.44. The molecule has 0 spiro atoms. The van der Waals surface area contributed by atoms with Crippen LogP contribution in [0.3, 0.4) is 0 Å². The molecule has 2 atom stereocenters. The zero-order valence-electron chi connectivity index (χ0n) is 9.77. The molecule has 3 heteroatoms. The molecule has 2 aliphatic rings. The lowest BCUT2D eigenvalue weighted by atomic mass is 9.91. The summed E-state index contributed by atoms with van der Waals surface area (Å²) in [5.74, 6) is 2.59. The van der Waals surface area contributed by atoms with Gasteiger partial charge in [-0.25, -0.2) is 0 Å². The van der Waals surface area contributed by atoms with E-state index < -0.39 is 0 Å². The van der Waals surface area contributed by atoms with Crippen molar-refractivity contribution in [1.29, 1.82) is 0 Å². The standard InChI is InChI=1S/C13H17NO2/c1-14-6-5-9-8-16-12-4-3-10(15-2)7-11(12)13(9)14/h3-4,7,9,13H,5-6,8H2,1-2H3/t9-,13-/m0/s1. The first-order valence-electron chi connectivity index (χ1n) is 5.80. The van der Waals surface area contributed by atoms with Gasteiger partial charge in [-0.15, -0.1) is 0 Å². The minimum Gasteiger partial charge on any atom is -0.497 e. The topological polar surface area (TPSA) is 21.7 Å². The average Bonchev–Trinajstić information content (AvgIpc) is 2.71. The Kier molecular flexibility index (Phi) is 2.28. The second-order valence-corrected chi connectivity index (χ2v) is 4.69. The number of nitrogens with zero attached hydrogens (tertiary/aromatic N) is 1. The third-order valence-corrected chi connectivity index (χ3v) is 3.76. The largest absolute Gasteiger partial charge is 0.497 e. The minimum atomic E-state index is 0.513. The van der Waals surface area contributed by atoms with Crippen molar-refractivity contribution in [1.82, 2.24) is 4.90 Å². The van der Waals surface area contributed by atoms with Crippen LogP contribution in [0.15, 0.2) is 18.2 Å². The van der Waals surface area contributed by atoms with Gasteiger partial charge in [0.25, 0.3) is 0 Å². The summed E-state index contributed by atoms with van der Waals surface area (Å²) in [6.07, 6.45) is 1.23. The molecule has 2 heterocycles. The first-order chi connectivity index (χ1) is 7.79. The quantitative estimate of drug-likeness (QED) is 0.722. The number of ether oxygens (including phenoxy) is 2. The molecule has 0 aliphatic carbocycles. The smallest absolute Gasteiger partial charge is 0.124 e. The molecule has 0 saturated carbocycles. The van der Waals surface area contributed by atoms with Gasteiger partial charge in [0.1, 0.15) is 11.5 Å². The number of likely N-dealkylation sites (tertiary alicyclic amines) is 1. The molecule has 0 unspecified atom stereocenters. The van der Waals surface area contributed by atoms with Crippen LogP contribution in [0, 0.1) is 5.92 Å². The first kappa shape index (κ1) is 9.97. The Morgan fingerprint density at radius 3 is 3.12 bits per heavy atom. The van der Waals surface area contributed by atoms with E-state index in [-0.39, 0.29) is 0 Å². The molecule has 1 fully saturated rings. The van der Waals surface area contributed by atoms with Crippen molar-refractivity contribution in [2.75, 3.05) is 27.3 Å². The Balaban J connectivity index is 2.05. The summed E-state index contributed by atoms with van der Waals surface area (Å²) in [5.41, 5.74) is 1.29. The van der Waals surface area contributed by atoms with Crippen LogP contribution in [0.2, 0.25) is 0 Å². The lowest BCUT2D eigenvalue weighted by molar-refractivity contribution is 0.164. The summed E-state index contributed by atoms with van der Waals surface area (Å²) in [6.45, 7) is 2.02. The van der Waals surface area contributed by atoms with Gasteiger partial charge in [-0.1, -0.05) is 0 Å². The van der Waals surface area contributed by atoms with Crippen LogP contribution in [-0.2, 0) is 0 Å². The van der Waals surface area contributed by atoms with Gasteiger partial charge < -0.3 is 9.47 Å². The molecule has 86 valence electrons. The van der Waals surface area contributed by atoms with Crippen molar-refractivity contribution in [2.24, 2.45) is 5.92 Å². The molecule has 0 amide bonds. The van der Waals surface area contributed by atoms with Crippen LogP contribution in [0.4, 0.5) is 0 Å². The Bertz CT molecular complexity index is 405. The van der Waals surface area contributed by atoms with E-state index in [9.17, 15) is 0 Å². The Morgan fingerprint density at radius 1 is 1.44 bits per heavy atom. The predicted molar refractivity (Wildman–Crippen MR) is 62.0 cm³/mol. The van der Waals surface area contributed by atoms with E-state index in [1.54, 1.807) is 7.11 Å². The van der Waals surface area contributed by atoms with Crippen molar-refractivity contribution >= 4 is 0 Å². The second kappa shape index (κ2) is 3.67. The Hall–Kier alpha value is -1.22. The second-order valence-electron chi connectivity index (χ2n) is 4.69. The van der Waals surface area contributed by atoms with Gasteiger partial charge in [0.05, 0.1) is 13.7 Å². The SMILES string of the molecule is COc1ccc2c(c1)[C@@H]1[C@@H](CCN1C)CO2. The van der Waals surface area contributed by atoms with Gasteiger partial charge in [-0.3, -0.25) is 4.90 Å². The third kappa shape index (κ3) is 1.39. The zero-order chi connectivity index (χ0) is 11.1. The van der Waals surface area contributed by atoms with Gasteiger partial charge in [0.15, 0.2) is 0 Å². The molecular weight excluding hydrogens is 202 g/mol. The van der Waals surface area contributed by atoms with E-state index in [0.29, 0.717) is 12.0 Å².